The monoisotopic (exact) mass is 606 g/mol. The molecule has 0 spiro atoms. The van der Waals surface area contributed by atoms with Gasteiger partial charge in [-0.25, -0.2) is 9.07 Å². The van der Waals surface area contributed by atoms with Gasteiger partial charge in [-0.05, 0) is 18.2 Å². The summed E-state index contributed by atoms with van der Waals surface area (Å²) in [6.45, 7) is -6.55. The van der Waals surface area contributed by atoms with Gasteiger partial charge in [0.2, 0.25) is 5.69 Å². The average molecular weight is 607 g/mol. The van der Waals surface area contributed by atoms with Gasteiger partial charge in [-0.1, -0.05) is 22.0 Å². The fourth-order valence-electron chi connectivity index (χ4n) is 4.26. The van der Waals surface area contributed by atoms with Gasteiger partial charge < -0.3 is 9.94 Å². The molecule has 0 radical (unpaired) electrons. The number of nitriles is 1. The van der Waals surface area contributed by atoms with Gasteiger partial charge in [0, 0.05) is 24.2 Å². The first-order chi connectivity index (χ1) is 20.2. The number of halogens is 6. The molecule has 0 N–H and O–H groups in total. The van der Waals surface area contributed by atoms with Crippen molar-refractivity contribution in [2.24, 2.45) is 0 Å². The van der Waals surface area contributed by atoms with Crippen molar-refractivity contribution >= 4 is 11.6 Å². The highest BCUT2D eigenvalue weighted by atomic mass is 35.5. The van der Waals surface area contributed by atoms with Crippen molar-refractivity contribution in [3.8, 4) is 34.1 Å². The molecule has 4 aromatic heterocycles. The number of hydrogen-bond donors (Lipinski definition) is 0. The zero-order chi connectivity index (χ0) is 30.0. The number of benzene rings is 1. The second-order valence-corrected chi connectivity index (χ2v) is 8.98. The number of aromatic nitrogens is 9. The van der Waals surface area contributed by atoms with Crippen LogP contribution in [0.15, 0.2) is 55.2 Å². The van der Waals surface area contributed by atoms with Gasteiger partial charge in [-0.3, -0.25) is 4.68 Å². The zero-order valence-corrected chi connectivity index (χ0v) is 21.7. The summed E-state index contributed by atoms with van der Waals surface area (Å²) in [5.74, 6) is -0.876. The Hall–Kier alpha value is -4.95. The van der Waals surface area contributed by atoms with Gasteiger partial charge in [-0.2, -0.15) is 37.3 Å². The highest BCUT2D eigenvalue weighted by Gasteiger charge is 2.27. The first-order valence-corrected chi connectivity index (χ1v) is 12.2. The molecule has 0 saturated heterocycles. The molecule has 4 heterocycles. The van der Waals surface area contributed by atoms with Gasteiger partial charge in [0.15, 0.2) is 17.7 Å². The van der Waals surface area contributed by atoms with Crippen LogP contribution in [0.1, 0.15) is 30.4 Å². The van der Waals surface area contributed by atoms with Crippen molar-refractivity contribution < 1.29 is 31.4 Å². The van der Waals surface area contributed by atoms with Crippen molar-refractivity contribution in [2.75, 3.05) is 6.61 Å². The Morgan fingerprint density at radius 2 is 1.88 bits per heavy atom. The van der Waals surface area contributed by atoms with Crippen molar-refractivity contribution in [2.45, 2.75) is 25.6 Å². The Bertz CT molecular complexity index is 1770. The van der Waals surface area contributed by atoms with Crippen LogP contribution in [0.3, 0.4) is 0 Å². The van der Waals surface area contributed by atoms with E-state index in [0.717, 1.165) is 17.1 Å². The summed E-state index contributed by atoms with van der Waals surface area (Å²) in [6, 6.07) is 6.21. The molecule has 1 atom stereocenters. The predicted octanol–water partition coefficient (Wildman–Crippen LogP) is 4.30. The third kappa shape index (κ3) is 5.62. The molecule has 0 aliphatic heterocycles. The standard InChI is InChI=1S/C24H16ClF5N10O2/c25-16-2-4-19(38-12-15(7-31)34-36-38)21(22(16)26)13-1-3-18(39(41)11-13)17(5-6-42-24(29)30)37-10-14(8-33-37)20-9-32-35-40(20)23(27)28/h1-4,8-12,17,23-24H,5-6H2/t17-/m1/s1. The lowest BCUT2D eigenvalue weighted by Crippen LogP contribution is -2.36. The van der Waals surface area contributed by atoms with E-state index in [1.165, 1.54) is 47.5 Å². The molecule has 0 unspecified atom stereocenters. The Kier molecular flexibility index (Phi) is 8.08. The smallest absolute Gasteiger partial charge is 0.345 e. The van der Waals surface area contributed by atoms with E-state index >= 15 is 4.39 Å². The predicted molar refractivity (Wildman–Crippen MR) is 133 cm³/mol. The van der Waals surface area contributed by atoms with Gasteiger partial charge in [0.05, 0.1) is 52.7 Å². The molecular formula is C24H16ClF5N10O2. The fraction of sp³-hybridized carbons (Fsp3) is 0.208. The molecule has 0 aliphatic carbocycles. The lowest BCUT2D eigenvalue weighted by atomic mass is 10.0. The molecule has 5 aromatic rings. The number of ether oxygens (including phenoxy) is 1. The zero-order valence-electron chi connectivity index (χ0n) is 20.9. The van der Waals surface area contributed by atoms with E-state index in [4.69, 9.17) is 16.9 Å². The van der Waals surface area contributed by atoms with Crippen LogP contribution in [0.2, 0.25) is 5.02 Å². The molecule has 1 aromatic carbocycles. The minimum absolute atomic E-state index is 0.0109. The number of rotatable bonds is 10. The van der Waals surface area contributed by atoms with Crippen LogP contribution in [-0.4, -0.2) is 53.0 Å². The van der Waals surface area contributed by atoms with Crippen LogP contribution in [0.25, 0.3) is 28.1 Å². The number of pyridine rings is 1. The van der Waals surface area contributed by atoms with Crippen molar-refractivity contribution in [1.29, 1.82) is 5.26 Å². The highest BCUT2D eigenvalue weighted by molar-refractivity contribution is 6.31. The second-order valence-electron chi connectivity index (χ2n) is 8.57. The molecular weight excluding hydrogens is 591 g/mol. The molecule has 0 bridgehead atoms. The molecule has 5 rings (SSSR count). The molecule has 0 amide bonds. The quantitative estimate of drug-likeness (QED) is 0.130. The van der Waals surface area contributed by atoms with Crippen molar-refractivity contribution in [3.63, 3.8) is 0 Å². The van der Waals surface area contributed by atoms with E-state index in [1.54, 1.807) is 0 Å². The van der Waals surface area contributed by atoms with E-state index in [1.807, 2.05) is 6.07 Å². The van der Waals surface area contributed by atoms with Gasteiger partial charge in [-0.15, -0.1) is 10.2 Å². The van der Waals surface area contributed by atoms with Crippen LogP contribution in [0.4, 0.5) is 22.0 Å². The summed E-state index contributed by atoms with van der Waals surface area (Å²) in [5.41, 5.74) is 0.119. The average Bonchev–Trinajstić information content (AvgIpc) is 3.73. The molecule has 0 saturated carbocycles. The van der Waals surface area contributed by atoms with Gasteiger partial charge in [0.25, 0.3) is 0 Å². The number of nitrogens with zero attached hydrogens (tertiary/aromatic N) is 10. The van der Waals surface area contributed by atoms with Crippen LogP contribution >= 0.6 is 11.6 Å². The minimum Gasteiger partial charge on any atom is -0.618 e. The molecule has 0 fully saturated rings. The Morgan fingerprint density at radius 1 is 1.07 bits per heavy atom. The lowest BCUT2D eigenvalue weighted by Gasteiger charge is -2.18. The SMILES string of the molecule is N#Cc1cn(-c2ccc(Cl)c(F)c2-c2ccc([C@@H](CCOC(F)F)n3cc(-c4cnnn4C(F)F)cn3)[n+]([O-])c2)nn1. The first-order valence-electron chi connectivity index (χ1n) is 11.8. The van der Waals surface area contributed by atoms with Crippen LogP contribution in [0.5, 0.6) is 0 Å². The molecule has 42 heavy (non-hydrogen) atoms. The maximum atomic E-state index is 15.3. The van der Waals surface area contributed by atoms with Crippen molar-refractivity contribution in [1.82, 2.24) is 39.8 Å². The summed E-state index contributed by atoms with van der Waals surface area (Å²) < 4.78 is 74.8. The van der Waals surface area contributed by atoms with E-state index < -0.39 is 31.6 Å². The summed E-state index contributed by atoms with van der Waals surface area (Å²) >= 11 is 6.01. The molecule has 216 valence electrons. The fourth-order valence-corrected chi connectivity index (χ4v) is 4.41. The molecule has 18 heteroatoms. The number of alkyl halides is 4. The Morgan fingerprint density at radius 3 is 2.57 bits per heavy atom. The van der Waals surface area contributed by atoms with E-state index in [9.17, 15) is 22.8 Å². The largest absolute Gasteiger partial charge is 0.618 e. The van der Waals surface area contributed by atoms with E-state index in [2.05, 4.69) is 30.5 Å². The summed E-state index contributed by atoms with van der Waals surface area (Å²) in [7, 11) is 0. The summed E-state index contributed by atoms with van der Waals surface area (Å²) in [5, 5.41) is 40.6. The molecule has 0 aliphatic rings. The normalized spacial score (nSPS) is 12.3. The first kappa shape index (κ1) is 28.6. The summed E-state index contributed by atoms with van der Waals surface area (Å²) in [6.07, 6.45) is 5.77. The van der Waals surface area contributed by atoms with Gasteiger partial charge in [0.1, 0.15) is 12.1 Å². The van der Waals surface area contributed by atoms with Gasteiger partial charge >= 0.3 is 13.2 Å². The third-order valence-electron chi connectivity index (χ3n) is 6.11. The maximum absolute atomic E-state index is 15.3. The third-order valence-corrected chi connectivity index (χ3v) is 6.41. The van der Waals surface area contributed by atoms with Crippen molar-refractivity contribution in [3.05, 3.63) is 82.7 Å². The summed E-state index contributed by atoms with van der Waals surface area (Å²) in [4.78, 5) is 0. The van der Waals surface area contributed by atoms with Crippen LogP contribution in [0, 0.1) is 22.4 Å². The maximum Gasteiger partial charge on any atom is 0.345 e. The minimum atomic E-state index is -3.07. The van der Waals surface area contributed by atoms with Crippen LogP contribution in [-0.2, 0) is 4.74 Å². The Balaban J connectivity index is 1.55. The van der Waals surface area contributed by atoms with Crippen LogP contribution < -0.4 is 4.73 Å². The second kappa shape index (κ2) is 11.9. The molecule has 12 nitrogen and oxygen atoms in total. The van der Waals surface area contributed by atoms with E-state index in [0.29, 0.717) is 9.41 Å². The lowest BCUT2D eigenvalue weighted by molar-refractivity contribution is -0.615. The highest BCUT2D eigenvalue weighted by Crippen LogP contribution is 2.34. The Labute approximate surface area is 237 Å². The van der Waals surface area contributed by atoms with E-state index in [-0.39, 0.29) is 50.9 Å². The topological polar surface area (TPSA) is 139 Å². The number of hydrogen-bond acceptors (Lipinski definition) is 8.